The van der Waals surface area contributed by atoms with Crippen molar-refractivity contribution in [1.29, 1.82) is 0 Å². The van der Waals surface area contributed by atoms with E-state index in [2.05, 4.69) is 12.2 Å². The molecule has 2 amide bonds. The maximum absolute atomic E-state index is 12.6. The van der Waals surface area contributed by atoms with E-state index in [0.29, 0.717) is 31.9 Å². The van der Waals surface area contributed by atoms with Gasteiger partial charge in [-0.15, -0.1) is 0 Å². The maximum atomic E-state index is 12.6. The summed E-state index contributed by atoms with van der Waals surface area (Å²) in [5.74, 6) is 0.512. The molecule has 2 aliphatic rings. The van der Waals surface area contributed by atoms with Gasteiger partial charge in [0.15, 0.2) is 0 Å². The lowest BCUT2D eigenvalue weighted by Gasteiger charge is -2.33. The van der Waals surface area contributed by atoms with Gasteiger partial charge in [-0.05, 0) is 38.0 Å². The number of hydrogen-bond acceptors (Lipinski definition) is 3. The molecule has 5 heteroatoms. The molecular formula is C15H26N2O3. The minimum Gasteiger partial charge on any atom is -0.385 e. The van der Waals surface area contributed by atoms with Crippen LogP contribution < -0.4 is 5.32 Å². The van der Waals surface area contributed by atoms with E-state index in [1.807, 2.05) is 4.90 Å². The van der Waals surface area contributed by atoms with Crippen molar-refractivity contribution in [1.82, 2.24) is 10.2 Å². The van der Waals surface area contributed by atoms with Crippen molar-refractivity contribution in [3.8, 4) is 0 Å². The summed E-state index contributed by atoms with van der Waals surface area (Å²) in [6.45, 7) is 4.99. The summed E-state index contributed by atoms with van der Waals surface area (Å²) >= 11 is 0. The van der Waals surface area contributed by atoms with Gasteiger partial charge < -0.3 is 15.0 Å². The van der Waals surface area contributed by atoms with E-state index >= 15 is 0 Å². The van der Waals surface area contributed by atoms with Gasteiger partial charge in [-0.2, -0.15) is 0 Å². The van der Waals surface area contributed by atoms with Gasteiger partial charge in [0.2, 0.25) is 11.8 Å². The van der Waals surface area contributed by atoms with Crippen molar-refractivity contribution in [3.05, 3.63) is 0 Å². The number of ether oxygens (including phenoxy) is 1. The Morgan fingerprint density at radius 3 is 2.75 bits per heavy atom. The molecule has 1 saturated carbocycles. The summed E-state index contributed by atoms with van der Waals surface area (Å²) in [7, 11) is 1.64. The molecule has 0 aromatic carbocycles. The van der Waals surface area contributed by atoms with Crippen molar-refractivity contribution in [2.45, 2.75) is 39.0 Å². The molecule has 1 saturated heterocycles. The third-order valence-corrected chi connectivity index (χ3v) is 4.35. The monoisotopic (exact) mass is 282 g/mol. The van der Waals surface area contributed by atoms with Crippen LogP contribution in [0.25, 0.3) is 0 Å². The van der Waals surface area contributed by atoms with E-state index in [-0.39, 0.29) is 11.8 Å². The van der Waals surface area contributed by atoms with Crippen molar-refractivity contribution >= 4 is 11.8 Å². The number of nitrogens with zero attached hydrogens (tertiary/aromatic N) is 1. The van der Waals surface area contributed by atoms with E-state index in [9.17, 15) is 9.59 Å². The number of hydrogen-bond donors (Lipinski definition) is 1. The minimum absolute atomic E-state index is 0.0493. The normalized spacial score (nSPS) is 24.3. The van der Waals surface area contributed by atoms with Crippen LogP contribution in [0.3, 0.4) is 0 Å². The molecule has 0 aromatic heterocycles. The van der Waals surface area contributed by atoms with Crippen LogP contribution >= 0.6 is 0 Å². The lowest BCUT2D eigenvalue weighted by atomic mass is 9.97. The molecule has 114 valence electrons. The number of amides is 2. The third-order valence-electron chi connectivity index (χ3n) is 4.35. The lowest BCUT2D eigenvalue weighted by molar-refractivity contribution is -0.145. The van der Waals surface area contributed by atoms with Gasteiger partial charge in [-0.25, -0.2) is 0 Å². The number of piperidine rings is 1. The van der Waals surface area contributed by atoms with Crippen molar-refractivity contribution in [2.75, 3.05) is 33.4 Å². The Morgan fingerprint density at radius 1 is 1.40 bits per heavy atom. The largest absolute Gasteiger partial charge is 0.385 e. The zero-order valence-electron chi connectivity index (χ0n) is 12.6. The Bertz CT molecular complexity index is 366. The van der Waals surface area contributed by atoms with Gasteiger partial charge in [0.05, 0.1) is 0 Å². The van der Waals surface area contributed by atoms with Crippen LogP contribution in [0.5, 0.6) is 0 Å². The van der Waals surface area contributed by atoms with E-state index in [4.69, 9.17) is 4.74 Å². The number of carbonyl (C=O) groups is 2. The van der Waals surface area contributed by atoms with Crippen LogP contribution in [0.2, 0.25) is 0 Å². The molecule has 1 heterocycles. The lowest BCUT2D eigenvalue weighted by Crippen LogP contribution is -2.48. The van der Waals surface area contributed by atoms with E-state index < -0.39 is 5.41 Å². The molecule has 2 fully saturated rings. The molecule has 1 aliphatic carbocycles. The number of rotatable bonds is 6. The first-order valence-corrected chi connectivity index (χ1v) is 7.67. The topological polar surface area (TPSA) is 58.6 Å². The molecule has 1 atom stereocenters. The smallest absolute Gasteiger partial charge is 0.238 e. The van der Waals surface area contributed by atoms with Crippen LogP contribution in [0.15, 0.2) is 0 Å². The molecule has 5 nitrogen and oxygen atoms in total. The molecule has 1 N–H and O–H groups in total. The highest BCUT2D eigenvalue weighted by atomic mass is 16.5. The maximum Gasteiger partial charge on any atom is 0.238 e. The van der Waals surface area contributed by atoms with Crippen LogP contribution in [-0.2, 0) is 14.3 Å². The minimum atomic E-state index is -0.746. The SMILES string of the molecule is COCCCNC(=O)C1(C(=O)N2CCCC(C)C2)CC1. The van der Waals surface area contributed by atoms with Gasteiger partial charge in [-0.1, -0.05) is 6.92 Å². The fraction of sp³-hybridized carbons (Fsp3) is 0.867. The Hall–Kier alpha value is -1.10. The van der Waals surface area contributed by atoms with Crippen LogP contribution in [0.1, 0.15) is 39.0 Å². The standard InChI is InChI=1S/C15H26N2O3/c1-12-5-3-9-17(11-12)14(19)15(6-7-15)13(18)16-8-4-10-20-2/h12H,3-11H2,1-2H3,(H,16,18). The fourth-order valence-electron chi connectivity index (χ4n) is 2.93. The summed E-state index contributed by atoms with van der Waals surface area (Å²) < 4.78 is 4.95. The predicted octanol–water partition coefficient (Wildman–Crippen LogP) is 1.18. The van der Waals surface area contributed by atoms with Crippen LogP contribution in [-0.4, -0.2) is 50.1 Å². The average molecular weight is 282 g/mol. The molecule has 1 aliphatic heterocycles. The average Bonchev–Trinajstić information content (AvgIpc) is 3.24. The molecule has 2 rings (SSSR count). The summed E-state index contributed by atoms with van der Waals surface area (Å²) in [5.41, 5.74) is -0.746. The highest BCUT2D eigenvalue weighted by molar-refractivity contribution is 6.07. The van der Waals surface area contributed by atoms with Gasteiger partial charge in [0.25, 0.3) is 0 Å². The van der Waals surface area contributed by atoms with Crippen molar-refractivity contribution < 1.29 is 14.3 Å². The summed E-state index contributed by atoms with van der Waals surface area (Å²) in [6.07, 6.45) is 4.42. The number of methoxy groups -OCH3 is 1. The van der Waals surface area contributed by atoms with Gasteiger partial charge >= 0.3 is 0 Å². The van der Waals surface area contributed by atoms with Gasteiger partial charge in [-0.3, -0.25) is 9.59 Å². The molecule has 1 unspecified atom stereocenters. The highest BCUT2D eigenvalue weighted by Crippen LogP contribution is 2.48. The first-order valence-electron chi connectivity index (χ1n) is 7.67. The summed E-state index contributed by atoms with van der Waals surface area (Å²) in [4.78, 5) is 26.8. The highest BCUT2D eigenvalue weighted by Gasteiger charge is 2.57. The van der Waals surface area contributed by atoms with Crippen LogP contribution in [0.4, 0.5) is 0 Å². The molecule has 0 aromatic rings. The molecular weight excluding hydrogens is 256 g/mol. The first kappa shape index (κ1) is 15.3. The predicted molar refractivity (Wildman–Crippen MR) is 76.1 cm³/mol. The van der Waals surface area contributed by atoms with Gasteiger partial charge in [0.1, 0.15) is 5.41 Å². The number of carbonyl (C=O) groups excluding carboxylic acids is 2. The zero-order chi connectivity index (χ0) is 14.6. The third kappa shape index (κ3) is 3.32. The second-order valence-corrected chi connectivity index (χ2v) is 6.18. The molecule has 0 radical (unpaired) electrons. The van der Waals surface area contributed by atoms with Crippen molar-refractivity contribution in [3.63, 3.8) is 0 Å². The van der Waals surface area contributed by atoms with E-state index in [1.165, 1.54) is 6.42 Å². The summed E-state index contributed by atoms with van der Waals surface area (Å²) in [6, 6.07) is 0. The second kappa shape index (κ2) is 6.57. The Morgan fingerprint density at radius 2 is 2.15 bits per heavy atom. The Kier molecular flexibility index (Phi) is 5.02. The zero-order valence-corrected chi connectivity index (χ0v) is 12.6. The van der Waals surface area contributed by atoms with E-state index in [1.54, 1.807) is 7.11 Å². The Labute approximate surface area is 121 Å². The number of likely N-dealkylation sites (tertiary alicyclic amines) is 1. The molecule has 0 spiro atoms. The number of nitrogens with one attached hydrogen (secondary N) is 1. The van der Waals surface area contributed by atoms with Crippen LogP contribution in [0, 0.1) is 11.3 Å². The van der Waals surface area contributed by atoms with Gasteiger partial charge in [0, 0.05) is 33.4 Å². The first-order chi connectivity index (χ1) is 9.60. The second-order valence-electron chi connectivity index (χ2n) is 6.18. The quantitative estimate of drug-likeness (QED) is 0.588. The summed E-state index contributed by atoms with van der Waals surface area (Å²) in [5, 5.41) is 2.89. The van der Waals surface area contributed by atoms with E-state index in [0.717, 1.165) is 25.9 Å². The molecule has 0 bridgehead atoms. The van der Waals surface area contributed by atoms with Crippen molar-refractivity contribution in [2.24, 2.45) is 11.3 Å². The Balaban J connectivity index is 1.86. The fourth-order valence-corrected chi connectivity index (χ4v) is 2.93. The molecule has 20 heavy (non-hydrogen) atoms.